The molecule has 21 heavy (non-hydrogen) atoms. The Morgan fingerprint density at radius 3 is 2.81 bits per heavy atom. The molecule has 0 spiro atoms. The van der Waals surface area contributed by atoms with E-state index in [2.05, 4.69) is 4.98 Å². The number of hydrogen-bond acceptors (Lipinski definition) is 5. The predicted molar refractivity (Wildman–Crippen MR) is 78.1 cm³/mol. The highest BCUT2D eigenvalue weighted by Gasteiger charge is 2.15. The van der Waals surface area contributed by atoms with Gasteiger partial charge in [0.15, 0.2) is 5.58 Å². The van der Waals surface area contributed by atoms with Crippen molar-refractivity contribution in [2.75, 3.05) is 7.11 Å². The maximum atomic E-state index is 11.3. The molecule has 1 heterocycles. The second-order valence-electron chi connectivity index (χ2n) is 4.22. The fourth-order valence-corrected chi connectivity index (χ4v) is 2.78. The Hall–Kier alpha value is -2.47. The van der Waals surface area contributed by atoms with Crippen LogP contribution in [0.25, 0.3) is 11.1 Å². The van der Waals surface area contributed by atoms with E-state index in [9.17, 15) is 9.90 Å². The van der Waals surface area contributed by atoms with E-state index in [0.717, 1.165) is 17.3 Å². The third-order valence-electron chi connectivity index (χ3n) is 2.89. The van der Waals surface area contributed by atoms with E-state index in [1.54, 1.807) is 12.1 Å². The van der Waals surface area contributed by atoms with E-state index >= 15 is 0 Å². The van der Waals surface area contributed by atoms with Gasteiger partial charge in [-0.3, -0.25) is 0 Å². The molecule has 0 aliphatic carbocycles. The molecular formula is C15H11NO4S. The maximum absolute atomic E-state index is 11.3. The minimum atomic E-state index is -1.00. The number of aromatic nitrogens is 1. The number of ether oxygens (including phenoxy) is 1. The molecule has 3 aromatic rings. The van der Waals surface area contributed by atoms with Crippen molar-refractivity contribution >= 4 is 28.8 Å². The van der Waals surface area contributed by atoms with Gasteiger partial charge in [-0.2, -0.15) is 0 Å². The molecule has 1 aromatic heterocycles. The van der Waals surface area contributed by atoms with E-state index < -0.39 is 5.97 Å². The molecule has 0 aliphatic heterocycles. The summed E-state index contributed by atoms with van der Waals surface area (Å²) >= 11 is 1.16. The summed E-state index contributed by atoms with van der Waals surface area (Å²) < 4.78 is 10.7. The largest absolute Gasteiger partial charge is 0.497 e. The van der Waals surface area contributed by atoms with Crippen molar-refractivity contribution in [1.82, 2.24) is 4.98 Å². The molecule has 0 amide bonds. The number of hydrogen-bond donors (Lipinski definition) is 1. The van der Waals surface area contributed by atoms with Gasteiger partial charge in [-0.05, 0) is 42.1 Å². The normalized spacial score (nSPS) is 10.7. The molecule has 0 bridgehead atoms. The summed E-state index contributed by atoms with van der Waals surface area (Å²) in [4.78, 5) is 16.1. The highest BCUT2D eigenvalue weighted by molar-refractivity contribution is 7.99. The molecule has 3 rings (SSSR count). The van der Waals surface area contributed by atoms with Crippen LogP contribution in [0.4, 0.5) is 0 Å². The van der Waals surface area contributed by atoms with E-state index in [1.807, 2.05) is 24.3 Å². The van der Waals surface area contributed by atoms with Gasteiger partial charge in [0.25, 0.3) is 5.22 Å². The van der Waals surface area contributed by atoms with Crippen LogP contribution in [-0.2, 0) is 0 Å². The molecule has 2 aromatic carbocycles. The number of carboxylic acid groups (broad SMARTS) is 1. The summed E-state index contributed by atoms with van der Waals surface area (Å²) in [5.74, 6) is -0.421. The molecule has 1 N–H and O–H groups in total. The Morgan fingerprint density at radius 1 is 1.29 bits per heavy atom. The predicted octanol–water partition coefficient (Wildman–Crippen LogP) is 3.69. The first-order chi connectivity index (χ1) is 10.2. The molecule has 0 aliphatic rings. The number of carbonyl (C=O) groups is 1. The number of aromatic carboxylic acids is 1. The lowest BCUT2D eigenvalue weighted by Gasteiger charge is -2.06. The standard InChI is InChI=1S/C15H11NO4S/c1-19-9-6-7-10(14(17)18)13(8-9)21-15-16-11-4-2-3-5-12(11)20-15/h2-8H,1H3,(H,17,18). The number of carboxylic acids is 1. The minimum absolute atomic E-state index is 0.183. The summed E-state index contributed by atoms with van der Waals surface area (Å²) in [6.45, 7) is 0. The number of nitrogens with zero attached hydrogens (tertiary/aromatic N) is 1. The van der Waals surface area contributed by atoms with Crippen LogP contribution in [0.15, 0.2) is 57.0 Å². The van der Waals surface area contributed by atoms with Gasteiger partial charge in [0.05, 0.1) is 12.7 Å². The zero-order valence-electron chi connectivity index (χ0n) is 11.1. The van der Waals surface area contributed by atoms with Crippen LogP contribution in [-0.4, -0.2) is 23.2 Å². The number of fused-ring (bicyclic) bond motifs is 1. The van der Waals surface area contributed by atoms with Gasteiger partial charge in [0.2, 0.25) is 0 Å². The Bertz CT molecular complexity index is 779. The molecule has 106 valence electrons. The SMILES string of the molecule is COc1ccc(C(=O)O)c(Sc2nc3ccccc3o2)c1. The molecule has 0 atom stereocenters. The third-order valence-corrected chi connectivity index (χ3v) is 3.80. The van der Waals surface area contributed by atoms with Crippen molar-refractivity contribution in [3.63, 3.8) is 0 Å². The van der Waals surface area contributed by atoms with E-state index in [0.29, 0.717) is 21.5 Å². The first-order valence-corrected chi connectivity index (χ1v) is 6.94. The van der Waals surface area contributed by atoms with Crippen molar-refractivity contribution in [1.29, 1.82) is 0 Å². The third kappa shape index (κ3) is 2.71. The lowest BCUT2D eigenvalue weighted by molar-refractivity contribution is 0.0693. The Morgan fingerprint density at radius 2 is 2.10 bits per heavy atom. The Labute approximate surface area is 124 Å². The zero-order valence-corrected chi connectivity index (χ0v) is 11.9. The van der Waals surface area contributed by atoms with Gasteiger partial charge < -0.3 is 14.3 Å². The van der Waals surface area contributed by atoms with Crippen LogP contribution in [0.3, 0.4) is 0 Å². The van der Waals surface area contributed by atoms with Crippen molar-refractivity contribution in [3.05, 3.63) is 48.0 Å². The van der Waals surface area contributed by atoms with Crippen LogP contribution in [0.2, 0.25) is 0 Å². The van der Waals surface area contributed by atoms with Gasteiger partial charge in [-0.1, -0.05) is 12.1 Å². The molecule has 0 fully saturated rings. The maximum Gasteiger partial charge on any atom is 0.336 e. The highest BCUT2D eigenvalue weighted by Crippen LogP contribution is 2.34. The summed E-state index contributed by atoms with van der Waals surface area (Å²) in [6.07, 6.45) is 0. The average Bonchev–Trinajstić information content (AvgIpc) is 2.89. The lowest BCUT2D eigenvalue weighted by Crippen LogP contribution is -1.99. The van der Waals surface area contributed by atoms with Crippen molar-refractivity contribution in [2.24, 2.45) is 0 Å². The van der Waals surface area contributed by atoms with Crippen LogP contribution < -0.4 is 4.74 Å². The summed E-state index contributed by atoms with van der Waals surface area (Å²) in [5, 5.41) is 9.64. The molecule has 0 saturated carbocycles. The van der Waals surface area contributed by atoms with E-state index in [4.69, 9.17) is 9.15 Å². The average molecular weight is 301 g/mol. The minimum Gasteiger partial charge on any atom is -0.497 e. The van der Waals surface area contributed by atoms with Crippen LogP contribution in [0.1, 0.15) is 10.4 Å². The second kappa shape index (κ2) is 5.49. The van der Waals surface area contributed by atoms with Crippen molar-refractivity contribution < 1.29 is 19.1 Å². The monoisotopic (exact) mass is 301 g/mol. The smallest absolute Gasteiger partial charge is 0.336 e. The van der Waals surface area contributed by atoms with E-state index in [-0.39, 0.29) is 5.56 Å². The van der Waals surface area contributed by atoms with Gasteiger partial charge >= 0.3 is 5.97 Å². The van der Waals surface area contributed by atoms with Gasteiger partial charge in [-0.25, -0.2) is 9.78 Å². The molecule has 0 radical (unpaired) electrons. The van der Waals surface area contributed by atoms with Crippen LogP contribution in [0, 0.1) is 0 Å². The zero-order chi connectivity index (χ0) is 14.8. The molecular weight excluding hydrogens is 290 g/mol. The molecule has 6 heteroatoms. The molecule has 0 saturated heterocycles. The van der Waals surface area contributed by atoms with Gasteiger partial charge in [0, 0.05) is 4.90 Å². The fourth-order valence-electron chi connectivity index (χ4n) is 1.88. The number of rotatable bonds is 4. The first kappa shape index (κ1) is 13.5. The van der Waals surface area contributed by atoms with Crippen LogP contribution >= 0.6 is 11.8 Å². The lowest BCUT2D eigenvalue weighted by atomic mass is 10.2. The second-order valence-corrected chi connectivity index (χ2v) is 5.21. The number of benzene rings is 2. The first-order valence-electron chi connectivity index (χ1n) is 6.12. The summed E-state index contributed by atoms with van der Waals surface area (Å²) in [5.41, 5.74) is 1.59. The van der Waals surface area contributed by atoms with E-state index in [1.165, 1.54) is 13.2 Å². The topological polar surface area (TPSA) is 72.6 Å². The quantitative estimate of drug-likeness (QED) is 0.792. The fraction of sp³-hybridized carbons (Fsp3) is 0.0667. The van der Waals surface area contributed by atoms with Gasteiger partial charge in [-0.15, -0.1) is 0 Å². The summed E-state index contributed by atoms with van der Waals surface area (Å²) in [6, 6.07) is 12.2. The highest BCUT2D eigenvalue weighted by atomic mass is 32.2. The molecule has 0 unspecified atom stereocenters. The van der Waals surface area contributed by atoms with Crippen molar-refractivity contribution in [3.8, 4) is 5.75 Å². The van der Waals surface area contributed by atoms with Gasteiger partial charge in [0.1, 0.15) is 11.3 Å². The Balaban J connectivity index is 2.01. The number of oxazole rings is 1. The van der Waals surface area contributed by atoms with Crippen LogP contribution in [0.5, 0.6) is 5.75 Å². The van der Waals surface area contributed by atoms with Crippen molar-refractivity contribution in [2.45, 2.75) is 10.1 Å². The number of para-hydroxylation sites is 2. The number of methoxy groups -OCH3 is 1. The summed E-state index contributed by atoms with van der Waals surface area (Å²) in [7, 11) is 1.53. The molecule has 5 nitrogen and oxygen atoms in total. The Kier molecular flexibility index (Phi) is 3.53.